The van der Waals surface area contributed by atoms with Gasteiger partial charge >= 0.3 is 0 Å². The van der Waals surface area contributed by atoms with E-state index in [4.69, 9.17) is 23.7 Å². The minimum atomic E-state index is -0.797. The Kier molecular flexibility index (Phi) is 4.65. The van der Waals surface area contributed by atoms with Gasteiger partial charge in [-0.05, 0) is 48.7 Å². The third-order valence-corrected chi connectivity index (χ3v) is 6.32. The highest BCUT2D eigenvalue weighted by Crippen LogP contribution is 2.44. The Morgan fingerprint density at radius 2 is 1.64 bits per heavy atom. The first-order chi connectivity index (χ1) is 16.1. The molecule has 170 valence electrons. The van der Waals surface area contributed by atoms with Gasteiger partial charge in [-0.25, -0.2) is 0 Å². The molecule has 9 heteroatoms. The molecule has 0 radical (unpaired) electrons. The molecule has 6 rings (SSSR count). The number of hydrogen-bond acceptors (Lipinski definition) is 8. The van der Waals surface area contributed by atoms with Crippen LogP contribution in [0.4, 0.5) is 0 Å². The van der Waals surface area contributed by atoms with Crippen molar-refractivity contribution in [2.75, 3.05) is 26.7 Å². The van der Waals surface area contributed by atoms with Crippen LogP contribution in [0.2, 0.25) is 0 Å². The van der Waals surface area contributed by atoms with Crippen molar-refractivity contribution in [1.82, 2.24) is 4.90 Å². The number of aliphatic hydroxyl groups excluding tert-OH is 1. The van der Waals surface area contributed by atoms with Crippen molar-refractivity contribution >= 4 is 17.4 Å². The molecule has 4 heterocycles. The average Bonchev–Trinajstić information content (AvgIpc) is 3.62. The molecule has 2 atom stereocenters. The molecule has 0 bridgehead atoms. The number of Topliss-reactive ketones (excluding diaryl/α,β-unsaturated/α-hetero) is 1. The van der Waals surface area contributed by atoms with E-state index < -0.39 is 17.7 Å². The molecule has 0 aromatic heterocycles. The summed E-state index contributed by atoms with van der Waals surface area (Å²) in [6, 6.07) is 9.36. The summed E-state index contributed by atoms with van der Waals surface area (Å²) in [5.74, 6) is 0.444. The lowest BCUT2D eigenvalue weighted by atomic mass is 9.94. The van der Waals surface area contributed by atoms with E-state index in [2.05, 4.69) is 0 Å². The molecule has 2 aromatic rings. The van der Waals surface area contributed by atoms with Gasteiger partial charge in [0.2, 0.25) is 13.6 Å². The second-order valence-corrected chi connectivity index (χ2v) is 8.27. The Bertz CT molecular complexity index is 1180. The molecular weight excluding hydrogens is 430 g/mol. The third kappa shape index (κ3) is 3.27. The minimum Gasteiger partial charge on any atom is -0.507 e. The van der Waals surface area contributed by atoms with Crippen molar-refractivity contribution in [3.8, 4) is 23.0 Å². The fraction of sp³-hybridized carbons (Fsp3) is 0.333. The lowest BCUT2D eigenvalue weighted by Gasteiger charge is -2.27. The van der Waals surface area contributed by atoms with E-state index in [0.29, 0.717) is 40.7 Å². The van der Waals surface area contributed by atoms with Crippen LogP contribution in [0.1, 0.15) is 30.0 Å². The van der Waals surface area contributed by atoms with Gasteiger partial charge in [0.15, 0.2) is 23.0 Å². The van der Waals surface area contributed by atoms with Crippen LogP contribution in [-0.2, 0) is 14.3 Å². The van der Waals surface area contributed by atoms with Crippen molar-refractivity contribution in [2.45, 2.75) is 25.0 Å². The number of amides is 1. The number of rotatable bonds is 4. The number of nitrogens with zero attached hydrogens (tertiary/aromatic N) is 1. The molecule has 0 unspecified atom stereocenters. The predicted molar refractivity (Wildman–Crippen MR) is 113 cm³/mol. The van der Waals surface area contributed by atoms with Crippen molar-refractivity contribution in [1.29, 1.82) is 0 Å². The number of ether oxygens (including phenoxy) is 5. The zero-order valence-corrected chi connectivity index (χ0v) is 17.6. The van der Waals surface area contributed by atoms with E-state index in [9.17, 15) is 14.7 Å². The molecule has 0 spiro atoms. The van der Waals surface area contributed by atoms with E-state index in [1.807, 2.05) is 0 Å². The maximum Gasteiger partial charge on any atom is 0.295 e. The van der Waals surface area contributed by atoms with E-state index in [1.165, 1.54) is 4.90 Å². The van der Waals surface area contributed by atoms with Gasteiger partial charge in [0.1, 0.15) is 5.76 Å². The Morgan fingerprint density at radius 3 is 2.36 bits per heavy atom. The number of carbonyl (C=O) groups is 2. The largest absolute Gasteiger partial charge is 0.507 e. The summed E-state index contributed by atoms with van der Waals surface area (Å²) < 4.78 is 27.4. The van der Waals surface area contributed by atoms with Crippen LogP contribution in [-0.4, -0.2) is 54.5 Å². The van der Waals surface area contributed by atoms with Crippen LogP contribution in [0.3, 0.4) is 0 Å². The van der Waals surface area contributed by atoms with Gasteiger partial charge in [-0.1, -0.05) is 6.07 Å². The third-order valence-electron chi connectivity index (χ3n) is 6.32. The highest BCUT2D eigenvalue weighted by atomic mass is 16.7. The molecular formula is C24H21NO8. The van der Waals surface area contributed by atoms with Gasteiger partial charge in [0.05, 0.1) is 17.7 Å². The zero-order chi connectivity index (χ0) is 22.5. The monoisotopic (exact) mass is 451 g/mol. The van der Waals surface area contributed by atoms with Gasteiger partial charge in [0, 0.05) is 18.7 Å². The smallest absolute Gasteiger partial charge is 0.295 e. The Balaban J connectivity index is 1.46. The summed E-state index contributed by atoms with van der Waals surface area (Å²) in [5, 5.41) is 11.2. The van der Waals surface area contributed by atoms with Crippen LogP contribution in [0.5, 0.6) is 23.0 Å². The summed E-state index contributed by atoms with van der Waals surface area (Å²) in [7, 11) is 0. The standard InChI is InChI=1S/C24H21NO8/c26-22(14-4-6-17-19(9-14)33-12-31-17)20-21(13-3-5-16-18(8-13)32-11-30-16)25(24(28)23(20)27)10-15-2-1-7-29-15/h3-6,8-9,15,21,26H,1-2,7,10-12H2/t15-,21+/m0/s1. The van der Waals surface area contributed by atoms with Crippen LogP contribution in [0.25, 0.3) is 5.76 Å². The predicted octanol–water partition coefficient (Wildman–Crippen LogP) is 2.74. The molecule has 2 aromatic carbocycles. The number of fused-ring (bicyclic) bond motifs is 2. The van der Waals surface area contributed by atoms with E-state index in [1.54, 1.807) is 36.4 Å². The van der Waals surface area contributed by atoms with E-state index >= 15 is 0 Å². The maximum atomic E-state index is 13.2. The maximum absolute atomic E-state index is 13.2. The Morgan fingerprint density at radius 1 is 0.939 bits per heavy atom. The summed E-state index contributed by atoms with van der Waals surface area (Å²) in [6.45, 7) is 1.07. The SMILES string of the molecule is O=C1C(=O)N(C[C@@H]2CCCO2)[C@H](c2ccc3c(c2)OCO3)C1=C(O)c1ccc2c(c1)OCO2. The molecule has 1 N–H and O–H groups in total. The molecule has 4 aliphatic heterocycles. The van der Waals surface area contributed by atoms with Crippen LogP contribution < -0.4 is 18.9 Å². The molecule has 1 amide bonds. The zero-order valence-electron chi connectivity index (χ0n) is 17.6. The second kappa shape index (κ2) is 7.70. The summed E-state index contributed by atoms with van der Waals surface area (Å²) in [4.78, 5) is 27.8. The fourth-order valence-corrected chi connectivity index (χ4v) is 4.71. The molecule has 2 fully saturated rings. The quantitative estimate of drug-likeness (QED) is 0.430. The number of likely N-dealkylation sites (tertiary alicyclic amines) is 1. The van der Waals surface area contributed by atoms with Gasteiger partial charge in [-0.2, -0.15) is 0 Å². The van der Waals surface area contributed by atoms with Crippen molar-refractivity contribution in [3.63, 3.8) is 0 Å². The molecule has 33 heavy (non-hydrogen) atoms. The van der Waals surface area contributed by atoms with Crippen LogP contribution >= 0.6 is 0 Å². The first kappa shape index (κ1) is 19.9. The molecule has 4 aliphatic rings. The fourth-order valence-electron chi connectivity index (χ4n) is 4.71. The van der Waals surface area contributed by atoms with Gasteiger partial charge in [-0.15, -0.1) is 0 Å². The first-order valence-corrected chi connectivity index (χ1v) is 10.8. The molecule has 0 saturated carbocycles. The van der Waals surface area contributed by atoms with E-state index in [0.717, 1.165) is 12.8 Å². The van der Waals surface area contributed by atoms with Gasteiger partial charge in [-0.3, -0.25) is 9.59 Å². The van der Waals surface area contributed by atoms with Crippen molar-refractivity contribution < 1.29 is 38.4 Å². The lowest BCUT2D eigenvalue weighted by Crippen LogP contribution is -2.36. The summed E-state index contributed by atoms with van der Waals surface area (Å²) >= 11 is 0. The van der Waals surface area contributed by atoms with Gasteiger partial charge in [0.25, 0.3) is 11.7 Å². The second-order valence-electron chi connectivity index (χ2n) is 8.27. The number of hydrogen-bond donors (Lipinski definition) is 1. The average molecular weight is 451 g/mol. The normalized spacial score (nSPS) is 24.7. The topological polar surface area (TPSA) is 104 Å². The number of benzene rings is 2. The summed E-state index contributed by atoms with van der Waals surface area (Å²) in [5.41, 5.74) is 1.01. The van der Waals surface area contributed by atoms with Crippen molar-refractivity contribution in [3.05, 3.63) is 53.1 Å². The Hall–Kier alpha value is -3.72. The van der Waals surface area contributed by atoms with Crippen molar-refractivity contribution in [2.24, 2.45) is 0 Å². The highest BCUT2D eigenvalue weighted by molar-refractivity contribution is 6.46. The lowest BCUT2D eigenvalue weighted by molar-refractivity contribution is -0.140. The number of aliphatic hydroxyl groups is 1. The van der Waals surface area contributed by atoms with Crippen LogP contribution in [0, 0.1) is 0 Å². The Labute approximate surface area is 189 Å². The number of carbonyl (C=O) groups excluding carboxylic acids is 2. The molecule has 2 saturated heterocycles. The van der Waals surface area contributed by atoms with E-state index in [-0.39, 0.29) is 37.6 Å². The highest BCUT2D eigenvalue weighted by Gasteiger charge is 2.47. The van der Waals surface area contributed by atoms with Gasteiger partial charge < -0.3 is 33.7 Å². The molecule has 0 aliphatic carbocycles. The first-order valence-electron chi connectivity index (χ1n) is 10.8. The minimum absolute atomic E-state index is 0.00993. The number of ketones is 1. The molecule has 9 nitrogen and oxygen atoms in total. The van der Waals surface area contributed by atoms with Crippen LogP contribution in [0.15, 0.2) is 42.0 Å². The summed E-state index contributed by atoms with van der Waals surface area (Å²) in [6.07, 6.45) is 1.55.